The van der Waals surface area contributed by atoms with Crippen LogP contribution in [0.1, 0.15) is 53.7 Å². The van der Waals surface area contributed by atoms with Gasteiger partial charge in [0, 0.05) is 23.1 Å². The Morgan fingerprint density at radius 1 is 1.14 bits per heavy atom. The van der Waals surface area contributed by atoms with E-state index in [1.807, 2.05) is 18.2 Å². The lowest BCUT2D eigenvalue weighted by Crippen LogP contribution is -2.36. The van der Waals surface area contributed by atoms with E-state index in [2.05, 4.69) is 51.8 Å². The summed E-state index contributed by atoms with van der Waals surface area (Å²) >= 11 is 0. The van der Waals surface area contributed by atoms with Crippen molar-refractivity contribution in [2.45, 2.75) is 58.9 Å². The lowest BCUT2D eigenvalue weighted by Gasteiger charge is -2.20. The first-order valence-electron chi connectivity index (χ1n) is 7.94. The van der Waals surface area contributed by atoms with Gasteiger partial charge >= 0.3 is 0 Å². The Morgan fingerprint density at radius 2 is 1.86 bits per heavy atom. The van der Waals surface area contributed by atoms with Crippen LogP contribution in [0.5, 0.6) is 5.88 Å². The molecule has 0 saturated carbocycles. The van der Waals surface area contributed by atoms with E-state index >= 15 is 0 Å². The minimum absolute atomic E-state index is 0.0135. The van der Waals surface area contributed by atoms with Gasteiger partial charge in [-0.2, -0.15) is 0 Å². The van der Waals surface area contributed by atoms with E-state index in [4.69, 9.17) is 9.15 Å². The molecule has 0 atom stereocenters. The SMILES string of the molecule is CC(C)(C)NCCCOc1ccc2oc(C(C)(C)C)cc2n1. The van der Waals surface area contributed by atoms with Gasteiger partial charge in [0.1, 0.15) is 11.3 Å². The largest absolute Gasteiger partial charge is 0.478 e. The maximum Gasteiger partial charge on any atom is 0.214 e. The average molecular weight is 304 g/mol. The molecule has 4 nitrogen and oxygen atoms in total. The number of ether oxygens (including phenoxy) is 1. The highest BCUT2D eigenvalue weighted by Gasteiger charge is 2.19. The molecule has 0 aliphatic heterocycles. The first-order valence-corrected chi connectivity index (χ1v) is 7.94. The van der Waals surface area contributed by atoms with Gasteiger partial charge in [-0.3, -0.25) is 0 Å². The van der Waals surface area contributed by atoms with Crippen LogP contribution in [0, 0.1) is 0 Å². The Balaban J connectivity index is 1.93. The Hall–Kier alpha value is -1.55. The predicted octanol–water partition coefficient (Wildman–Crippen LogP) is 4.28. The molecule has 0 unspecified atom stereocenters. The summed E-state index contributed by atoms with van der Waals surface area (Å²) in [6, 6.07) is 5.80. The van der Waals surface area contributed by atoms with Crippen LogP contribution >= 0.6 is 0 Å². The molecule has 1 N–H and O–H groups in total. The fourth-order valence-corrected chi connectivity index (χ4v) is 2.07. The number of nitrogens with one attached hydrogen (secondary N) is 1. The van der Waals surface area contributed by atoms with Crippen molar-refractivity contribution in [3.05, 3.63) is 24.0 Å². The molecular weight excluding hydrogens is 276 g/mol. The molecule has 0 saturated heterocycles. The van der Waals surface area contributed by atoms with E-state index in [1.54, 1.807) is 0 Å². The average Bonchev–Trinajstić information content (AvgIpc) is 2.80. The summed E-state index contributed by atoms with van der Waals surface area (Å²) < 4.78 is 11.6. The topological polar surface area (TPSA) is 47.3 Å². The van der Waals surface area contributed by atoms with E-state index in [1.165, 1.54) is 0 Å². The molecule has 0 fully saturated rings. The second-order valence-electron chi connectivity index (χ2n) is 7.77. The Labute approximate surface area is 133 Å². The van der Waals surface area contributed by atoms with Gasteiger partial charge in [0.15, 0.2) is 5.58 Å². The number of nitrogens with zero attached hydrogens (tertiary/aromatic N) is 1. The molecule has 122 valence electrons. The zero-order valence-electron chi connectivity index (χ0n) is 14.6. The third kappa shape index (κ3) is 4.73. The first-order chi connectivity index (χ1) is 10.1. The van der Waals surface area contributed by atoms with Crippen LogP contribution in [0.15, 0.2) is 22.6 Å². The molecule has 2 heterocycles. The van der Waals surface area contributed by atoms with Crippen molar-refractivity contribution in [3.8, 4) is 5.88 Å². The molecule has 0 spiro atoms. The molecule has 0 aliphatic carbocycles. The number of fused-ring (bicyclic) bond motifs is 1. The summed E-state index contributed by atoms with van der Waals surface area (Å²) in [5, 5.41) is 3.44. The van der Waals surface area contributed by atoms with E-state index < -0.39 is 0 Å². The minimum atomic E-state index is -0.0135. The molecule has 0 amide bonds. The lowest BCUT2D eigenvalue weighted by molar-refractivity contribution is 0.289. The first kappa shape index (κ1) is 16.8. The second kappa shape index (κ2) is 6.29. The maximum atomic E-state index is 5.84. The van der Waals surface area contributed by atoms with Gasteiger partial charge in [-0.15, -0.1) is 0 Å². The highest BCUT2D eigenvalue weighted by atomic mass is 16.5. The van der Waals surface area contributed by atoms with Gasteiger partial charge in [-0.05, 0) is 39.8 Å². The highest BCUT2D eigenvalue weighted by molar-refractivity contribution is 5.74. The molecular formula is C18H28N2O2. The minimum Gasteiger partial charge on any atom is -0.478 e. The molecule has 0 aromatic carbocycles. The van der Waals surface area contributed by atoms with Crippen molar-refractivity contribution in [2.24, 2.45) is 0 Å². The van der Waals surface area contributed by atoms with Crippen LogP contribution in [-0.4, -0.2) is 23.7 Å². The van der Waals surface area contributed by atoms with E-state index in [9.17, 15) is 0 Å². The fourth-order valence-electron chi connectivity index (χ4n) is 2.07. The van der Waals surface area contributed by atoms with E-state index in [-0.39, 0.29) is 11.0 Å². The molecule has 4 heteroatoms. The predicted molar refractivity (Wildman–Crippen MR) is 90.6 cm³/mol. The highest BCUT2D eigenvalue weighted by Crippen LogP contribution is 2.29. The van der Waals surface area contributed by atoms with Gasteiger partial charge in [-0.1, -0.05) is 20.8 Å². The Morgan fingerprint density at radius 3 is 2.50 bits per heavy atom. The summed E-state index contributed by atoms with van der Waals surface area (Å²) in [5.74, 6) is 1.60. The monoisotopic (exact) mass is 304 g/mol. The van der Waals surface area contributed by atoms with Crippen LogP contribution in [0.4, 0.5) is 0 Å². The smallest absolute Gasteiger partial charge is 0.214 e. The molecule has 2 aromatic heterocycles. The summed E-state index contributed by atoms with van der Waals surface area (Å²) in [4.78, 5) is 4.52. The zero-order chi connectivity index (χ0) is 16.4. The number of rotatable bonds is 5. The van der Waals surface area contributed by atoms with Crippen molar-refractivity contribution in [1.82, 2.24) is 10.3 Å². The summed E-state index contributed by atoms with van der Waals surface area (Å²) in [6.45, 7) is 14.5. The van der Waals surface area contributed by atoms with Gasteiger partial charge in [0.25, 0.3) is 0 Å². The van der Waals surface area contributed by atoms with Crippen LogP contribution in [-0.2, 0) is 5.41 Å². The Bertz CT molecular complexity index is 618. The third-order valence-electron chi connectivity index (χ3n) is 3.31. The zero-order valence-corrected chi connectivity index (χ0v) is 14.6. The summed E-state index contributed by atoms with van der Waals surface area (Å²) in [7, 11) is 0. The van der Waals surface area contributed by atoms with Crippen LogP contribution in [0.2, 0.25) is 0 Å². The Kier molecular flexibility index (Phi) is 4.81. The number of aromatic nitrogens is 1. The lowest BCUT2D eigenvalue weighted by atomic mass is 9.93. The number of pyridine rings is 1. The van der Waals surface area contributed by atoms with Crippen molar-refractivity contribution in [3.63, 3.8) is 0 Å². The molecule has 22 heavy (non-hydrogen) atoms. The van der Waals surface area contributed by atoms with Gasteiger partial charge < -0.3 is 14.5 Å². The number of hydrogen-bond donors (Lipinski definition) is 1. The third-order valence-corrected chi connectivity index (χ3v) is 3.31. The van der Waals surface area contributed by atoms with Gasteiger partial charge in [0.2, 0.25) is 5.88 Å². The van der Waals surface area contributed by atoms with E-state index in [0.717, 1.165) is 29.8 Å². The van der Waals surface area contributed by atoms with Crippen molar-refractivity contribution in [2.75, 3.05) is 13.2 Å². The normalized spacial score (nSPS) is 12.8. The number of furan rings is 1. The molecule has 2 aromatic rings. The fraction of sp³-hybridized carbons (Fsp3) is 0.611. The quantitative estimate of drug-likeness (QED) is 0.837. The van der Waals surface area contributed by atoms with Crippen molar-refractivity contribution >= 4 is 11.1 Å². The van der Waals surface area contributed by atoms with Gasteiger partial charge in [-0.25, -0.2) is 4.98 Å². The van der Waals surface area contributed by atoms with Crippen molar-refractivity contribution in [1.29, 1.82) is 0 Å². The summed E-state index contributed by atoms with van der Waals surface area (Å²) in [6.07, 6.45) is 0.954. The van der Waals surface area contributed by atoms with Gasteiger partial charge in [0.05, 0.1) is 6.61 Å². The van der Waals surface area contributed by atoms with Crippen LogP contribution in [0.25, 0.3) is 11.1 Å². The van der Waals surface area contributed by atoms with Crippen molar-refractivity contribution < 1.29 is 9.15 Å². The molecule has 0 radical (unpaired) electrons. The number of hydrogen-bond acceptors (Lipinski definition) is 4. The van der Waals surface area contributed by atoms with Crippen LogP contribution in [0.3, 0.4) is 0 Å². The maximum absolute atomic E-state index is 5.84. The molecule has 2 rings (SSSR count). The standard InChI is InChI=1S/C18H28N2O2/c1-17(2,3)15-12-13-14(22-15)8-9-16(20-13)21-11-7-10-19-18(4,5)6/h8-9,12,19H,7,10-11H2,1-6H3. The molecule has 0 aliphatic rings. The van der Waals surface area contributed by atoms with E-state index in [0.29, 0.717) is 12.5 Å². The molecule has 0 bridgehead atoms. The summed E-state index contributed by atoms with van der Waals surface area (Å²) in [5.41, 5.74) is 1.81. The van der Waals surface area contributed by atoms with Crippen LogP contribution < -0.4 is 10.1 Å². The second-order valence-corrected chi connectivity index (χ2v) is 7.77.